The molecule has 3 aromatic rings. The van der Waals surface area contributed by atoms with Gasteiger partial charge in [-0.15, -0.1) is 0 Å². The summed E-state index contributed by atoms with van der Waals surface area (Å²) in [6.45, 7) is 8.12. The number of anilines is 1. The lowest BCUT2D eigenvalue weighted by Crippen LogP contribution is -2.53. The van der Waals surface area contributed by atoms with Crippen molar-refractivity contribution >= 4 is 27.5 Å². The van der Waals surface area contributed by atoms with Crippen molar-refractivity contribution in [2.75, 3.05) is 10.8 Å². The third-order valence-corrected chi connectivity index (χ3v) is 8.43. The van der Waals surface area contributed by atoms with Crippen LogP contribution in [0.5, 0.6) is 0 Å². The first-order valence-electron chi connectivity index (χ1n) is 13.6. The number of nitrogens with one attached hydrogen (secondary N) is 1. The number of alkyl halides is 3. The Hall–Kier alpha value is -3.86. The predicted molar refractivity (Wildman–Crippen MR) is 156 cm³/mol. The van der Waals surface area contributed by atoms with E-state index in [1.807, 2.05) is 19.1 Å². The number of nitrogens with zero attached hydrogens (tertiary/aromatic N) is 2. The third kappa shape index (κ3) is 8.12. The van der Waals surface area contributed by atoms with Crippen LogP contribution in [0, 0.1) is 13.8 Å². The molecular formula is C31H36F3N3O4S. The molecule has 0 aromatic heterocycles. The van der Waals surface area contributed by atoms with Crippen molar-refractivity contribution in [3.63, 3.8) is 0 Å². The maximum absolute atomic E-state index is 14.0. The number of aryl methyl sites for hydroxylation is 2. The molecule has 0 saturated carbocycles. The second-order valence-electron chi connectivity index (χ2n) is 10.5. The van der Waals surface area contributed by atoms with Crippen LogP contribution < -0.4 is 9.62 Å². The highest BCUT2D eigenvalue weighted by Gasteiger charge is 2.36. The highest BCUT2D eigenvalue weighted by Crippen LogP contribution is 2.33. The van der Waals surface area contributed by atoms with Crippen molar-refractivity contribution < 1.29 is 31.2 Å². The number of halogens is 3. The molecule has 2 amide bonds. The summed E-state index contributed by atoms with van der Waals surface area (Å²) in [5.74, 6) is -1.16. The minimum atomic E-state index is -4.74. The van der Waals surface area contributed by atoms with Crippen molar-refractivity contribution in [3.05, 3.63) is 95.1 Å². The molecule has 0 fully saturated rings. The van der Waals surface area contributed by atoms with Gasteiger partial charge < -0.3 is 10.2 Å². The minimum Gasteiger partial charge on any atom is -0.352 e. The first-order valence-corrected chi connectivity index (χ1v) is 15.0. The fraction of sp³-hybridized carbons (Fsp3) is 0.355. The maximum atomic E-state index is 14.0. The van der Waals surface area contributed by atoms with Crippen LogP contribution in [0.25, 0.3) is 0 Å². The molecule has 7 nitrogen and oxygen atoms in total. The topological polar surface area (TPSA) is 86.8 Å². The minimum absolute atomic E-state index is 0.00978. The van der Waals surface area contributed by atoms with Gasteiger partial charge in [-0.2, -0.15) is 13.2 Å². The van der Waals surface area contributed by atoms with E-state index in [-0.39, 0.29) is 29.6 Å². The summed E-state index contributed by atoms with van der Waals surface area (Å²) < 4.78 is 69.3. The van der Waals surface area contributed by atoms with Crippen LogP contribution in [0.1, 0.15) is 49.4 Å². The third-order valence-electron chi connectivity index (χ3n) is 6.64. The predicted octanol–water partition coefficient (Wildman–Crippen LogP) is 5.85. The molecule has 0 aliphatic carbocycles. The molecule has 3 rings (SSSR count). The molecule has 1 N–H and O–H groups in total. The Kier molecular flexibility index (Phi) is 10.4. The maximum Gasteiger partial charge on any atom is 0.416 e. The second kappa shape index (κ2) is 13.4. The smallest absolute Gasteiger partial charge is 0.352 e. The summed E-state index contributed by atoms with van der Waals surface area (Å²) >= 11 is 0. The van der Waals surface area contributed by atoms with Gasteiger partial charge in [0, 0.05) is 12.6 Å². The summed E-state index contributed by atoms with van der Waals surface area (Å²) in [4.78, 5) is 28.3. The van der Waals surface area contributed by atoms with Crippen molar-refractivity contribution in [3.8, 4) is 0 Å². The largest absolute Gasteiger partial charge is 0.416 e. The zero-order valence-corrected chi connectivity index (χ0v) is 25.1. The number of carbonyl (C=O) groups is 2. The number of hydrogen-bond donors (Lipinski definition) is 1. The highest BCUT2D eigenvalue weighted by atomic mass is 32.2. The summed E-state index contributed by atoms with van der Waals surface area (Å²) in [6.07, 6.45) is -4.51. The molecule has 0 aliphatic rings. The van der Waals surface area contributed by atoms with Crippen molar-refractivity contribution in [2.24, 2.45) is 0 Å². The molecule has 42 heavy (non-hydrogen) atoms. The average molecular weight is 604 g/mol. The fourth-order valence-electron chi connectivity index (χ4n) is 4.39. The normalized spacial score (nSPS) is 12.6. The molecule has 3 aromatic carbocycles. The average Bonchev–Trinajstić information content (AvgIpc) is 2.92. The van der Waals surface area contributed by atoms with Crippen molar-refractivity contribution in [1.29, 1.82) is 0 Å². The number of amides is 2. The van der Waals surface area contributed by atoms with E-state index in [4.69, 9.17) is 0 Å². The standard InChI is InChI=1S/C31H36F3N3O4S/c1-6-28(30(39)35-21(2)3)36(19-24-14-10-22(4)11-15-24)29(38)20-37(26-9-7-8-25(18-26)31(32,33)34)42(40,41)27-16-12-23(5)13-17-27/h7-18,21,28H,6,19-20H2,1-5H3,(H,35,39)/t28-/m1/s1. The number of sulfonamides is 1. The summed E-state index contributed by atoms with van der Waals surface area (Å²) in [5.41, 5.74) is 1.09. The molecule has 0 saturated heterocycles. The van der Waals surface area contributed by atoms with E-state index < -0.39 is 46.2 Å². The van der Waals surface area contributed by atoms with E-state index in [2.05, 4.69) is 5.32 Å². The zero-order valence-electron chi connectivity index (χ0n) is 24.3. The van der Waals surface area contributed by atoms with Gasteiger partial charge in [0.2, 0.25) is 11.8 Å². The lowest BCUT2D eigenvalue weighted by molar-refractivity contribution is -0.140. The van der Waals surface area contributed by atoms with Gasteiger partial charge in [0.1, 0.15) is 12.6 Å². The fourth-order valence-corrected chi connectivity index (χ4v) is 5.80. The molecular weight excluding hydrogens is 567 g/mol. The lowest BCUT2D eigenvalue weighted by Gasteiger charge is -2.33. The van der Waals surface area contributed by atoms with Gasteiger partial charge in [0.15, 0.2) is 0 Å². The number of carbonyl (C=O) groups excluding carboxylic acids is 2. The SMILES string of the molecule is CC[C@H](C(=O)NC(C)C)N(Cc1ccc(C)cc1)C(=O)CN(c1cccc(C(F)(F)F)c1)S(=O)(=O)c1ccc(C)cc1. The second-order valence-corrected chi connectivity index (χ2v) is 12.3. The van der Waals surface area contributed by atoms with E-state index in [9.17, 15) is 31.2 Å². The first kappa shape index (κ1) is 32.7. The van der Waals surface area contributed by atoms with Gasteiger partial charge in [0.05, 0.1) is 16.1 Å². The van der Waals surface area contributed by atoms with E-state index in [0.717, 1.165) is 23.3 Å². The molecule has 0 radical (unpaired) electrons. The summed E-state index contributed by atoms with van der Waals surface area (Å²) in [5, 5.41) is 2.80. The van der Waals surface area contributed by atoms with E-state index in [1.165, 1.54) is 23.1 Å². The molecule has 11 heteroatoms. The van der Waals surface area contributed by atoms with Crippen molar-refractivity contribution in [1.82, 2.24) is 10.2 Å². The Morgan fingerprint density at radius 1 is 0.905 bits per heavy atom. The first-order chi connectivity index (χ1) is 19.6. The molecule has 0 unspecified atom stereocenters. The van der Waals surface area contributed by atoms with Crippen LogP contribution in [0.3, 0.4) is 0 Å². The van der Waals surface area contributed by atoms with Crippen LogP contribution >= 0.6 is 0 Å². The van der Waals surface area contributed by atoms with E-state index >= 15 is 0 Å². The Labute approximate surface area is 245 Å². The van der Waals surface area contributed by atoms with Crippen LogP contribution in [-0.4, -0.2) is 43.8 Å². The van der Waals surface area contributed by atoms with Gasteiger partial charge >= 0.3 is 6.18 Å². The van der Waals surface area contributed by atoms with E-state index in [0.29, 0.717) is 15.9 Å². The molecule has 1 atom stereocenters. The highest BCUT2D eigenvalue weighted by molar-refractivity contribution is 7.92. The Morgan fingerprint density at radius 2 is 1.48 bits per heavy atom. The molecule has 0 aliphatic heterocycles. The molecule has 226 valence electrons. The lowest BCUT2D eigenvalue weighted by atomic mass is 10.1. The van der Waals surface area contributed by atoms with Crippen LogP contribution in [0.15, 0.2) is 77.7 Å². The van der Waals surface area contributed by atoms with Gasteiger partial charge in [-0.3, -0.25) is 13.9 Å². The van der Waals surface area contributed by atoms with Crippen molar-refractivity contribution in [2.45, 2.75) is 70.7 Å². The number of rotatable bonds is 11. The van der Waals surface area contributed by atoms with Gasteiger partial charge in [-0.25, -0.2) is 8.42 Å². The van der Waals surface area contributed by atoms with Crippen LogP contribution in [0.4, 0.5) is 18.9 Å². The Morgan fingerprint density at radius 3 is 2.00 bits per heavy atom. The van der Waals surface area contributed by atoms with Gasteiger partial charge in [0.25, 0.3) is 10.0 Å². The number of hydrogen-bond acceptors (Lipinski definition) is 4. The van der Waals surface area contributed by atoms with Gasteiger partial charge in [-0.1, -0.05) is 60.5 Å². The Balaban J connectivity index is 2.12. The number of benzene rings is 3. The monoisotopic (exact) mass is 603 g/mol. The molecule has 0 heterocycles. The summed E-state index contributed by atoms with van der Waals surface area (Å²) in [7, 11) is -4.49. The summed E-state index contributed by atoms with van der Waals surface area (Å²) in [6, 6.07) is 15.8. The molecule has 0 spiro atoms. The van der Waals surface area contributed by atoms with Gasteiger partial charge in [-0.05, 0) is 70.0 Å². The molecule has 0 bridgehead atoms. The van der Waals surface area contributed by atoms with Crippen LogP contribution in [-0.2, 0) is 32.3 Å². The zero-order chi connectivity index (χ0) is 31.2. The van der Waals surface area contributed by atoms with E-state index in [1.54, 1.807) is 52.0 Å². The van der Waals surface area contributed by atoms with Crippen LogP contribution in [0.2, 0.25) is 0 Å². The quantitative estimate of drug-likeness (QED) is 0.298. The Bertz CT molecular complexity index is 1490.